The average molecular weight is 256 g/mol. The van der Waals surface area contributed by atoms with Gasteiger partial charge >= 0.3 is 5.97 Å². The predicted molar refractivity (Wildman–Crippen MR) is 61.0 cm³/mol. The Balaban J connectivity index is 2.58. The Hall–Kier alpha value is -1.76. The van der Waals surface area contributed by atoms with Gasteiger partial charge in [0.25, 0.3) is 0 Å². The van der Waals surface area contributed by atoms with Gasteiger partial charge in [-0.2, -0.15) is 0 Å². The van der Waals surface area contributed by atoms with Crippen molar-refractivity contribution >= 4 is 29.0 Å². The Labute approximate surface area is 102 Å². The summed E-state index contributed by atoms with van der Waals surface area (Å²) in [5, 5.41) is 11.8. The first-order valence-electron chi connectivity index (χ1n) is 4.86. The van der Waals surface area contributed by atoms with Crippen LogP contribution in [0.15, 0.2) is 0 Å². The van der Waals surface area contributed by atoms with Crippen LogP contribution in [0.5, 0.6) is 0 Å². The highest BCUT2D eigenvalue weighted by atomic mass is 32.1. The van der Waals surface area contributed by atoms with E-state index in [4.69, 9.17) is 5.11 Å². The van der Waals surface area contributed by atoms with Gasteiger partial charge < -0.3 is 10.4 Å². The quantitative estimate of drug-likeness (QED) is 0.757. The van der Waals surface area contributed by atoms with Crippen LogP contribution in [-0.4, -0.2) is 27.8 Å². The third-order valence-electron chi connectivity index (χ3n) is 1.88. The summed E-state index contributed by atoms with van der Waals surface area (Å²) in [6.07, 6.45) is -0.170. The van der Waals surface area contributed by atoms with Crippen molar-refractivity contribution in [3.63, 3.8) is 0 Å². The number of aromatic carboxylic acids is 1. The van der Waals surface area contributed by atoms with Crippen LogP contribution in [0.1, 0.15) is 33.7 Å². The number of nitrogens with zero attached hydrogens (tertiary/aromatic N) is 1. The van der Waals surface area contributed by atoms with Crippen LogP contribution in [0, 0.1) is 6.92 Å². The first-order valence-corrected chi connectivity index (χ1v) is 5.67. The van der Waals surface area contributed by atoms with Crippen LogP contribution in [0.4, 0.5) is 0 Å². The fourth-order valence-electron chi connectivity index (χ4n) is 1.19. The maximum absolute atomic E-state index is 11.2. The van der Waals surface area contributed by atoms with E-state index in [0.29, 0.717) is 10.7 Å². The van der Waals surface area contributed by atoms with Gasteiger partial charge in [0.1, 0.15) is 15.7 Å². The van der Waals surface area contributed by atoms with E-state index in [-0.39, 0.29) is 29.5 Å². The molecular formula is C10H12N2O4S. The number of nitrogens with one attached hydrogen (secondary N) is 1. The molecular weight excluding hydrogens is 244 g/mol. The van der Waals surface area contributed by atoms with Crippen molar-refractivity contribution in [3.05, 3.63) is 15.6 Å². The number of ketones is 1. The Bertz CT molecular complexity index is 467. The lowest BCUT2D eigenvalue weighted by atomic mass is 10.3. The molecule has 0 aliphatic rings. The molecule has 1 rings (SSSR count). The van der Waals surface area contributed by atoms with Gasteiger partial charge in [-0.3, -0.25) is 9.59 Å². The third-order valence-corrected chi connectivity index (χ3v) is 3.03. The van der Waals surface area contributed by atoms with Gasteiger partial charge in [-0.05, 0) is 13.8 Å². The SMILES string of the molecule is CC(=O)CC(=O)NCc1nc(C)c(C(=O)O)s1. The van der Waals surface area contributed by atoms with E-state index >= 15 is 0 Å². The Morgan fingerprint density at radius 3 is 2.53 bits per heavy atom. The number of hydrogen-bond acceptors (Lipinski definition) is 5. The lowest BCUT2D eigenvalue weighted by Crippen LogP contribution is -2.24. The minimum atomic E-state index is -1.03. The number of carboxylic acid groups (broad SMARTS) is 1. The first kappa shape index (κ1) is 13.3. The summed E-state index contributed by atoms with van der Waals surface area (Å²) in [6.45, 7) is 3.07. The summed E-state index contributed by atoms with van der Waals surface area (Å²) in [7, 11) is 0. The van der Waals surface area contributed by atoms with Gasteiger partial charge in [0, 0.05) is 0 Å². The second-order valence-electron chi connectivity index (χ2n) is 3.48. The van der Waals surface area contributed by atoms with Crippen molar-refractivity contribution in [1.29, 1.82) is 0 Å². The molecule has 0 atom stereocenters. The summed E-state index contributed by atoms with van der Waals surface area (Å²) in [5.41, 5.74) is 0.429. The molecule has 0 saturated heterocycles. The van der Waals surface area contributed by atoms with Crippen LogP contribution >= 0.6 is 11.3 Å². The van der Waals surface area contributed by atoms with E-state index in [1.165, 1.54) is 6.92 Å². The minimum Gasteiger partial charge on any atom is -0.477 e. The fourth-order valence-corrected chi connectivity index (χ4v) is 2.03. The van der Waals surface area contributed by atoms with Crippen molar-refractivity contribution in [1.82, 2.24) is 10.3 Å². The van der Waals surface area contributed by atoms with Crippen molar-refractivity contribution in [2.45, 2.75) is 26.8 Å². The molecule has 0 aliphatic heterocycles. The molecule has 0 spiro atoms. The van der Waals surface area contributed by atoms with Crippen LogP contribution in [0.3, 0.4) is 0 Å². The maximum Gasteiger partial charge on any atom is 0.347 e. The smallest absolute Gasteiger partial charge is 0.347 e. The normalized spacial score (nSPS) is 10.0. The minimum absolute atomic E-state index is 0.144. The molecule has 0 radical (unpaired) electrons. The summed E-state index contributed by atoms with van der Waals surface area (Å²) in [4.78, 5) is 36.8. The molecule has 0 aliphatic carbocycles. The third kappa shape index (κ3) is 3.95. The van der Waals surface area contributed by atoms with Crippen LogP contribution in [0.25, 0.3) is 0 Å². The number of aryl methyl sites for hydroxylation is 1. The van der Waals surface area contributed by atoms with E-state index in [0.717, 1.165) is 11.3 Å². The number of amides is 1. The number of rotatable bonds is 5. The van der Waals surface area contributed by atoms with Crippen molar-refractivity contribution < 1.29 is 19.5 Å². The molecule has 0 fully saturated rings. The van der Waals surface area contributed by atoms with E-state index in [2.05, 4.69) is 10.3 Å². The lowest BCUT2D eigenvalue weighted by Gasteiger charge is -1.99. The number of carboxylic acids is 1. The second-order valence-corrected chi connectivity index (χ2v) is 4.57. The molecule has 1 amide bonds. The second kappa shape index (κ2) is 5.53. The molecule has 7 heteroatoms. The molecule has 0 aromatic carbocycles. The van der Waals surface area contributed by atoms with Crippen LogP contribution in [0.2, 0.25) is 0 Å². The fraction of sp³-hybridized carbons (Fsp3) is 0.400. The molecule has 2 N–H and O–H groups in total. The average Bonchev–Trinajstić information content (AvgIpc) is 2.56. The highest BCUT2D eigenvalue weighted by molar-refractivity contribution is 7.13. The number of carbonyl (C=O) groups is 3. The molecule has 0 unspecified atom stereocenters. The van der Waals surface area contributed by atoms with Crippen molar-refractivity contribution in [2.24, 2.45) is 0 Å². The van der Waals surface area contributed by atoms with E-state index in [9.17, 15) is 14.4 Å². The van der Waals surface area contributed by atoms with E-state index < -0.39 is 5.97 Å². The molecule has 0 saturated carbocycles. The van der Waals surface area contributed by atoms with Crippen LogP contribution in [-0.2, 0) is 16.1 Å². The molecule has 1 heterocycles. The predicted octanol–water partition coefficient (Wildman–Crippen LogP) is 0.745. The summed E-state index contributed by atoms with van der Waals surface area (Å²) in [5.74, 6) is -1.63. The van der Waals surface area contributed by atoms with Gasteiger partial charge in [-0.1, -0.05) is 0 Å². The summed E-state index contributed by atoms with van der Waals surface area (Å²) < 4.78 is 0. The molecule has 0 bridgehead atoms. The molecule has 6 nitrogen and oxygen atoms in total. The van der Waals surface area contributed by atoms with Gasteiger partial charge in [-0.15, -0.1) is 11.3 Å². The highest BCUT2D eigenvalue weighted by Gasteiger charge is 2.14. The zero-order valence-electron chi connectivity index (χ0n) is 9.44. The van der Waals surface area contributed by atoms with Gasteiger partial charge in [0.05, 0.1) is 18.7 Å². The number of aromatic nitrogens is 1. The zero-order chi connectivity index (χ0) is 13.0. The van der Waals surface area contributed by atoms with Gasteiger partial charge in [-0.25, -0.2) is 9.78 Å². The Kier molecular flexibility index (Phi) is 4.33. The number of Topliss-reactive ketones (excluding diaryl/α,β-unsaturated/α-hetero) is 1. The van der Waals surface area contributed by atoms with Crippen LogP contribution < -0.4 is 5.32 Å². The number of hydrogen-bond donors (Lipinski definition) is 2. The first-order chi connectivity index (χ1) is 7.90. The molecule has 1 aromatic heterocycles. The largest absolute Gasteiger partial charge is 0.477 e. The lowest BCUT2D eigenvalue weighted by molar-refractivity contribution is -0.127. The molecule has 1 aromatic rings. The van der Waals surface area contributed by atoms with Gasteiger partial charge in [0.2, 0.25) is 5.91 Å². The van der Waals surface area contributed by atoms with Gasteiger partial charge in [0.15, 0.2) is 0 Å². The highest BCUT2D eigenvalue weighted by Crippen LogP contribution is 2.17. The van der Waals surface area contributed by atoms with E-state index in [1.807, 2.05) is 0 Å². The van der Waals surface area contributed by atoms with Crippen molar-refractivity contribution in [3.8, 4) is 0 Å². The summed E-state index contributed by atoms with van der Waals surface area (Å²) >= 11 is 1.02. The maximum atomic E-state index is 11.2. The molecule has 17 heavy (non-hydrogen) atoms. The Morgan fingerprint density at radius 2 is 2.06 bits per heavy atom. The zero-order valence-corrected chi connectivity index (χ0v) is 10.3. The number of thiazole rings is 1. The number of carbonyl (C=O) groups excluding carboxylic acids is 2. The standard InChI is InChI=1S/C10H12N2O4S/c1-5(13)3-7(14)11-4-8-12-6(2)9(17-8)10(15)16/h3-4H2,1-2H3,(H,11,14)(H,15,16). The van der Waals surface area contributed by atoms with E-state index in [1.54, 1.807) is 6.92 Å². The molecule has 92 valence electrons. The monoisotopic (exact) mass is 256 g/mol. The topological polar surface area (TPSA) is 96.4 Å². The van der Waals surface area contributed by atoms with Crippen molar-refractivity contribution in [2.75, 3.05) is 0 Å². The summed E-state index contributed by atoms with van der Waals surface area (Å²) in [6, 6.07) is 0. The Morgan fingerprint density at radius 1 is 1.41 bits per heavy atom.